The summed E-state index contributed by atoms with van der Waals surface area (Å²) in [5.74, 6) is 0. The molecular weight excluding hydrogens is 283 g/mol. The largest absolute Gasteiger partial charge is 0.418 e. The minimum atomic E-state index is -4.34. The van der Waals surface area contributed by atoms with E-state index in [2.05, 4.69) is 5.32 Å². The normalized spacial score (nSPS) is 13.3. The van der Waals surface area contributed by atoms with Crippen LogP contribution in [0, 0.1) is 13.8 Å². The molecule has 1 aromatic carbocycles. The van der Waals surface area contributed by atoms with Gasteiger partial charge in [-0.1, -0.05) is 12.1 Å². The maximum Gasteiger partial charge on any atom is 0.418 e. The third kappa shape index (κ3) is 3.15. The van der Waals surface area contributed by atoms with Gasteiger partial charge in [0.25, 0.3) is 0 Å². The molecular formula is C15H16F3NS. The summed E-state index contributed by atoms with van der Waals surface area (Å²) >= 11 is 1.66. The van der Waals surface area contributed by atoms with Crippen molar-refractivity contribution in [2.24, 2.45) is 0 Å². The maximum absolute atomic E-state index is 12.9. The van der Waals surface area contributed by atoms with Crippen molar-refractivity contribution in [2.75, 3.05) is 5.32 Å². The molecule has 1 N–H and O–H groups in total. The first kappa shape index (κ1) is 14.9. The summed E-state index contributed by atoms with van der Waals surface area (Å²) in [6.45, 7) is 5.86. The van der Waals surface area contributed by atoms with E-state index in [4.69, 9.17) is 0 Å². The molecule has 0 saturated carbocycles. The molecule has 20 heavy (non-hydrogen) atoms. The molecule has 0 aliphatic heterocycles. The fourth-order valence-corrected chi connectivity index (χ4v) is 3.27. The lowest BCUT2D eigenvalue weighted by molar-refractivity contribution is -0.137. The molecule has 0 amide bonds. The van der Waals surface area contributed by atoms with E-state index in [-0.39, 0.29) is 11.7 Å². The number of hydrogen-bond donors (Lipinski definition) is 1. The van der Waals surface area contributed by atoms with Gasteiger partial charge in [-0.15, -0.1) is 11.3 Å². The van der Waals surface area contributed by atoms with E-state index in [0.29, 0.717) is 0 Å². The highest BCUT2D eigenvalue weighted by molar-refractivity contribution is 7.12. The van der Waals surface area contributed by atoms with E-state index in [1.807, 2.05) is 26.8 Å². The van der Waals surface area contributed by atoms with E-state index in [1.54, 1.807) is 17.4 Å². The predicted molar refractivity (Wildman–Crippen MR) is 77.3 cm³/mol. The quantitative estimate of drug-likeness (QED) is 0.782. The van der Waals surface area contributed by atoms with Crippen molar-refractivity contribution in [1.82, 2.24) is 0 Å². The number of halogens is 3. The number of para-hydroxylation sites is 1. The van der Waals surface area contributed by atoms with Crippen molar-refractivity contribution >= 4 is 17.0 Å². The molecule has 1 atom stereocenters. The van der Waals surface area contributed by atoms with Crippen LogP contribution >= 0.6 is 11.3 Å². The Kier molecular flexibility index (Phi) is 4.09. The number of nitrogens with one attached hydrogen (secondary N) is 1. The van der Waals surface area contributed by atoms with Crippen molar-refractivity contribution < 1.29 is 13.2 Å². The SMILES string of the molecule is Cc1cc(C(C)Nc2ccccc2C(F)(F)F)c(C)s1. The van der Waals surface area contributed by atoms with Crippen LogP contribution in [0.25, 0.3) is 0 Å². The van der Waals surface area contributed by atoms with Gasteiger partial charge in [-0.2, -0.15) is 13.2 Å². The Morgan fingerprint density at radius 3 is 2.35 bits per heavy atom. The number of anilines is 1. The van der Waals surface area contributed by atoms with Crippen LogP contribution in [-0.2, 0) is 6.18 Å². The number of benzene rings is 1. The summed E-state index contributed by atoms with van der Waals surface area (Å²) < 4.78 is 38.8. The summed E-state index contributed by atoms with van der Waals surface area (Å²) in [6, 6.07) is 7.43. The maximum atomic E-state index is 12.9. The zero-order valence-electron chi connectivity index (χ0n) is 11.5. The third-order valence-corrected chi connectivity index (χ3v) is 4.13. The molecule has 5 heteroatoms. The van der Waals surface area contributed by atoms with Gasteiger partial charge in [-0.3, -0.25) is 0 Å². The first-order valence-electron chi connectivity index (χ1n) is 6.28. The summed E-state index contributed by atoms with van der Waals surface area (Å²) in [6.07, 6.45) is -4.34. The van der Waals surface area contributed by atoms with Crippen molar-refractivity contribution in [3.8, 4) is 0 Å². The molecule has 2 aromatic rings. The van der Waals surface area contributed by atoms with Crippen LogP contribution in [0.4, 0.5) is 18.9 Å². The van der Waals surface area contributed by atoms with Gasteiger partial charge in [-0.05, 0) is 44.5 Å². The van der Waals surface area contributed by atoms with Crippen molar-refractivity contribution in [3.05, 3.63) is 51.2 Å². The van der Waals surface area contributed by atoms with E-state index >= 15 is 0 Å². The van der Waals surface area contributed by atoms with Gasteiger partial charge >= 0.3 is 6.18 Å². The van der Waals surface area contributed by atoms with E-state index in [0.717, 1.165) is 21.4 Å². The second kappa shape index (κ2) is 5.48. The third-order valence-electron chi connectivity index (χ3n) is 3.15. The van der Waals surface area contributed by atoms with Gasteiger partial charge in [0, 0.05) is 21.5 Å². The van der Waals surface area contributed by atoms with Gasteiger partial charge < -0.3 is 5.32 Å². The minimum Gasteiger partial charge on any atom is -0.378 e. The molecule has 0 saturated heterocycles. The Balaban J connectivity index is 2.29. The average molecular weight is 299 g/mol. The monoisotopic (exact) mass is 299 g/mol. The zero-order chi connectivity index (χ0) is 14.9. The Morgan fingerprint density at radius 2 is 1.80 bits per heavy atom. The van der Waals surface area contributed by atoms with Crippen LogP contribution in [0.1, 0.15) is 33.8 Å². The van der Waals surface area contributed by atoms with Gasteiger partial charge in [0.2, 0.25) is 0 Å². The molecule has 108 valence electrons. The minimum absolute atomic E-state index is 0.121. The molecule has 1 nitrogen and oxygen atoms in total. The number of alkyl halides is 3. The number of rotatable bonds is 3. The molecule has 1 aromatic heterocycles. The predicted octanol–water partition coefficient (Wildman–Crippen LogP) is 5.56. The molecule has 0 spiro atoms. The average Bonchev–Trinajstić information content (AvgIpc) is 2.68. The molecule has 0 fully saturated rings. The highest BCUT2D eigenvalue weighted by atomic mass is 32.1. The zero-order valence-corrected chi connectivity index (χ0v) is 12.3. The van der Waals surface area contributed by atoms with Crippen LogP contribution in [0.15, 0.2) is 30.3 Å². The van der Waals surface area contributed by atoms with E-state index in [9.17, 15) is 13.2 Å². The van der Waals surface area contributed by atoms with Gasteiger partial charge in [0.1, 0.15) is 0 Å². The molecule has 0 aliphatic rings. The second-order valence-electron chi connectivity index (χ2n) is 4.78. The standard InChI is InChI=1S/C15H16F3NS/c1-9-8-12(11(3)20-9)10(2)19-14-7-5-4-6-13(14)15(16,17)18/h4-8,10,19H,1-3H3. The first-order chi connectivity index (χ1) is 9.29. The molecule has 0 radical (unpaired) electrons. The second-order valence-corrected chi connectivity index (χ2v) is 6.24. The highest BCUT2D eigenvalue weighted by Crippen LogP contribution is 2.36. The Bertz CT molecular complexity index is 601. The Morgan fingerprint density at radius 1 is 1.15 bits per heavy atom. The Hall–Kier alpha value is -1.49. The molecule has 0 aliphatic carbocycles. The van der Waals surface area contributed by atoms with Crippen LogP contribution < -0.4 is 5.32 Å². The van der Waals surface area contributed by atoms with Crippen molar-refractivity contribution in [1.29, 1.82) is 0 Å². The summed E-state index contributed by atoms with van der Waals surface area (Å²) in [5, 5.41) is 2.97. The molecule has 1 heterocycles. The first-order valence-corrected chi connectivity index (χ1v) is 7.10. The van der Waals surface area contributed by atoms with Gasteiger partial charge in [-0.25, -0.2) is 0 Å². The van der Waals surface area contributed by atoms with E-state index < -0.39 is 11.7 Å². The summed E-state index contributed by atoms with van der Waals surface area (Å²) in [4.78, 5) is 2.29. The fraction of sp³-hybridized carbons (Fsp3) is 0.333. The smallest absolute Gasteiger partial charge is 0.378 e. The molecule has 1 unspecified atom stereocenters. The van der Waals surface area contributed by atoms with Crippen molar-refractivity contribution in [2.45, 2.75) is 33.0 Å². The molecule has 2 rings (SSSR count). The van der Waals surface area contributed by atoms with Crippen LogP contribution in [0.5, 0.6) is 0 Å². The summed E-state index contributed by atoms with van der Waals surface area (Å²) in [5.41, 5.74) is 0.539. The topological polar surface area (TPSA) is 12.0 Å². The van der Waals surface area contributed by atoms with Crippen LogP contribution in [0.2, 0.25) is 0 Å². The lowest BCUT2D eigenvalue weighted by atomic mass is 10.1. The fourth-order valence-electron chi connectivity index (χ4n) is 2.25. The lowest BCUT2D eigenvalue weighted by Crippen LogP contribution is -2.13. The highest BCUT2D eigenvalue weighted by Gasteiger charge is 2.33. The molecule has 0 bridgehead atoms. The van der Waals surface area contributed by atoms with E-state index in [1.165, 1.54) is 12.1 Å². The van der Waals surface area contributed by atoms with Gasteiger partial charge in [0.15, 0.2) is 0 Å². The lowest BCUT2D eigenvalue weighted by Gasteiger charge is -2.19. The van der Waals surface area contributed by atoms with Crippen LogP contribution in [0.3, 0.4) is 0 Å². The number of thiophene rings is 1. The van der Waals surface area contributed by atoms with Gasteiger partial charge in [0.05, 0.1) is 5.56 Å². The van der Waals surface area contributed by atoms with Crippen molar-refractivity contribution in [3.63, 3.8) is 0 Å². The number of hydrogen-bond acceptors (Lipinski definition) is 2. The van der Waals surface area contributed by atoms with Crippen LogP contribution in [-0.4, -0.2) is 0 Å². The Labute approximate surface area is 120 Å². The summed E-state index contributed by atoms with van der Waals surface area (Å²) in [7, 11) is 0. The number of aryl methyl sites for hydroxylation is 2.